The molecule has 0 aliphatic rings. The first-order valence-electron chi connectivity index (χ1n) is 5.08. The van der Waals surface area contributed by atoms with E-state index in [-0.39, 0.29) is 5.91 Å². The molecule has 1 heterocycles. The predicted molar refractivity (Wildman–Crippen MR) is 63.8 cm³/mol. The number of nitrogens with zero attached hydrogens (tertiary/aromatic N) is 2. The van der Waals surface area contributed by atoms with Gasteiger partial charge in [-0.1, -0.05) is 0 Å². The largest absolute Gasteiger partial charge is 0.394 e. The zero-order chi connectivity index (χ0) is 12.5. The van der Waals surface area contributed by atoms with Gasteiger partial charge in [-0.15, -0.1) is 0 Å². The first-order valence-corrected chi connectivity index (χ1v) is 5.08. The third-order valence-corrected chi connectivity index (χ3v) is 2.63. The number of anilines is 2. The smallest absolute Gasteiger partial charge is 0.224 e. The van der Waals surface area contributed by atoms with E-state index in [0.717, 1.165) is 5.69 Å². The van der Waals surface area contributed by atoms with E-state index >= 15 is 0 Å². The summed E-state index contributed by atoms with van der Waals surface area (Å²) in [5.74, 6) is 0.365. The fourth-order valence-electron chi connectivity index (χ4n) is 1.28. The first-order chi connectivity index (χ1) is 7.25. The molecule has 0 saturated heterocycles. The quantitative estimate of drug-likeness (QED) is 0.683. The van der Waals surface area contributed by atoms with Crippen LogP contribution in [-0.2, 0) is 11.8 Å². The Bertz CT molecular complexity index is 408. The summed E-state index contributed by atoms with van der Waals surface area (Å²) in [5.41, 5.74) is 11.9. The molecule has 90 valence electrons. The van der Waals surface area contributed by atoms with Crippen molar-refractivity contribution in [2.45, 2.75) is 20.8 Å². The molecule has 0 aliphatic carbocycles. The van der Waals surface area contributed by atoms with Crippen molar-refractivity contribution < 1.29 is 4.79 Å². The second-order valence-corrected chi connectivity index (χ2v) is 4.57. The maximum atomic E-state index is 11.1. The molecular weight excluding hydrogens is 206 g/mol. The van der Waals surface area contributed by atoms with Crippen LogP contribution in [0.25, 0.3) is 0 Å². The third-order valence-electron chi connectivity index (χ3n) is 2.63. The van der Waals surface area contributed by atoms with Crippen LogP contribution in [-0.4, -0.2) is 22.2 Å². The van der Waals surface area contributed by atoms with Gasteiger partial charge in [-0.05, 0) is 20.8 Å². The number of nitrogen functional groups attached to an aromatic ring is 1. The van der Waals surface area contributed by atoms with E-state index in [1.54, 1.807) is 25.6 Å². The molecular formula is C10H19N5O. The van der Waals surface area contributed by atoms with Gasteiger partial charge < -0.3 is 16.8 Å². The molecule has 0 aliphatic heterocycles. The average molecular weight is 225 g/mol. The number of hydrogen-bond donors (Lipinski definition) is 3. The minimum atomic E-state index is -0.620. The number of nitrogens with one attached hydrogen (secondary N) is 1. The minimum Gasteiger partial charge on any atom is -0.394 e. The summed E-state index contributed by atoms with van der Waals surface area (Å²) < 4.78 is 1.65. The Balaban J connectivity index is 2.79. The Labute approximate surface area is 95.0 Å². The molecule has 1 aromatic rings. The Morgan fingerprint density at radius 2 is 2.12 bits per heavy atom. The van der Waals surface area contributed by atoms with Crippen LogP contribution in [0.4, 0.5) is 11.5 Å². The van der Waals surface area contributed by atoms with Crippen LogP contribution in [0.5, 0.6) is 0 Å². The average Bonchev–Trinajstić information content (AvgIpc) is 2.39. The molecule has 6 heteroatoms. The minimum absolute atomic E-state index is 0.350. The maximum absolute atomic E-state index is 11.1. The number of primary amides is 1. The number of carbonyl (C=O) groups excluding carboxylic acids is 1. The molecule has 6 nitrogen and oxygen atoms in total. The van der Waals surface area contributed by atoms with E-state index in [1.165, 1.54) is 0 Å². The van der Waals surface area contributed by atoms with Gasteiger partial charge in [-0.25, -0.2) is 0 Å². The van der Waals surface area contributed by atoms with E-state index in [2.05, 4.69) is 10.4 Å². The van der Waals surface area contributed by atoms with Crippen molar-refractivity contribution in [3.63, 3.8) is 0 Å². The maximum Gasteiger partial charge on any atom is 0.224 e. The third kappa shape index (κ3) is 2.26. The van der Waals surface area contributed by atoms with Crippen molar-refractivity contribution in [3.05, 3.63) is 5.69 Å². The molecule has 1 amide bonds. The highest BCUT2D eigenvalue weighted by Gasteiger charge is 2.25. The highest BCUT2D eigenvalue weighted by molar-refractivity contribution is 5.80. The van der Waals surface area contributed by atoms with Gasteiger partial charge in [0.1, 0.15) is 5.82 Å². The monoisotopic (exact) mass is 225 g/mol. The SMILES string of the molecule is Cc1nn(C)c(NCC(C)(C)C(N)=O)c1N. The van der Waals surface area contributed by atoms with Crippen LogP contribution in [0.2, 0.25) is 0 Å². The van der Waals surface area contributed by atoms with Crippen LogP contribution in [0.1, 0.15) is 19.5 Å². The molecule has 5 N–H and O–H groups in total. The molecule has 0 saturated carbocycles. The van der Waals surface area contributed by atoms with E-state index in [9.17, 15) is 4.79 Å². The Morgan fingerprint density at radius 3 is 2.50 bits per heavy atom. The molecule has 0 unspecified atom stereocenters. The number of carbonyl (C=O) groups is 1. The number of aryl methyl sites for hydroxylation is 2. The van der Waals surface area contributed by atoms with Crippen LogP contribution in [0, 0.1) is 12.3 Å². The van der Waals surface area contributed by atoms with Crippen LogP contribution in [0.15, 0.2) is 0 Å². The molecule has 1 aromatic heterocycles. The lowest BCUT2D eigenvalue weighted by Gasteiger charge is -2.21. The van der Waals surface area contributed by atoms with Crippen molar-refractivity contribution in [2.75, 3.05) is 17.6 Å². The van der Waals surface area contributed by atoms with Crippen LogP contribution >= 0.6 is 0 Å². The second-order valence-electron chi connectivity index (χ2n) is 4.57. The second kappa shape index (κ2) is 4.03. The summed E-state index contributed by atoms with van der Waals surface area (Å²) in [4.78, 5) is 11.1. The fraction of sp³-hybridized carbons (Fsp3) is 0.600. The molecule has 0 radical (unpaired) electrons. The first kappa shape index (κ1) is 12.4. The molecule has 16 heavy (non-hydrogen) atoms. The molecule has 1 rings (SSSR count). The summed E-state index contributed by atoms with van der Waals surface area (Å²) >= 11 is 0. The van der Waals surface area contributed by atoms with Gasteiger partial charge in [0.2, 0.25) is 5.91 Å². The standard InChI is InChI=1S/C10H19N5O/c1-6-7(11)8(15(4)14-6)13-5-10(2,3)9(12)16/h13H,5,11H2,1-4H3,(H2,12,16). The summed E-state index contributed by atoms with van der Waals surface area (Å²) in [6.07, 6.45) is 0. The van der Waals surface area contributed by atoms with E-state index < -0.39 is 5.41 Å². The van der Waals surface area contributed by atoms with Gasteiger partial charge in [-0.2, -0.15) is 5.10 Å². The summed E-state index contributed by atoms with van der Waals surface area (Å²) in [5, 5.41) is 7.27. The summed E-state index contributed by atoms with van der Waals surface area (Å²) in [7, 11) is 1.79. The lowest BCUT2D eigenvalue weighted by atomic mass is 9.93. The van der Waals surface area contributed by atoms with E-state index in [1.807, 2.05) is 6.92 Å². The van der Waals surface area contributed by atoms with Gasteiger partial charge in [0, 0.05) is 13.6 Å². The topological polar surface area (TPSA) is 99.0 Å². The highest BCUT2D eigenvalue weighted by atomic mass is 16.1. The normalized spacial score (nSPS) is 11.5. The molecule has 0 atom stereocenters. The van der Waals surface area contributed by atoms with Crippen molar-refractivity contribution in [1.29, 1.82) is 0 Å². The number of rotatable bonds is 4. The molecule has 0 bridgehead atoms. The van der Waals surface area contributed by atoms with Crippen molar-refractivity contribution in [3.8, 4) is 0 Å². The van der Waals surface area contributed by atoms with Crippen LogP contribution in [0.3, 0.4) is 0 Å². The lowest BCUT2D eigenvalue weighted by molar-refractivity contribution is -0.125. The van der Waals surface area contributed by atoms with Gasteiger partial charge in [0.25, 0.3) is 0 Å². The summed E-state index contributed by atoms with van der Waals surface area (Å²) in [6, 6.07) is 0. The van der Waals surface area contributed by atoms with E-state index in [0.29, 0.717) is 18.1 Å². The Morgan fingerprint density at radius 1 is 1.56 bits per heavy atom. The summed E-state index contributed by atoms with van der Waals surface area (Å²) in [6.45, 7) is 5.81. The number of hydrogen-bond acceptors (Lipinski definition) is 4. The predicted octanol–water partition coefficient (Wildman–Crippen LogP) is 0.234. The Hall–Kier alpha value is -1.72. The van der Waals surface area contributed by atoms with E-state index in [4.69, 9.17) is 11.5 Å². The van der Waals surface area contributed by atoms with Crippen molar-refractivity contribution in [1.82, 2.24) is 9.78 Å². The number of amides is 1. The van der Waals surface area contributed by atoms with Crippen molar-refractivity contribution >= 4 is 17.4 Å². The molecule has 0 fully saturated rings. The van der Waals surface area contributed by atoms with Gasteiger partial charge in [-0.3, -0.25) is 9.48 Å². The van der Waals surface area contributed by atoms with Gasteiger partial charge >= 0.3 is 0 Å². The zero-order valence-corrected chi connectivity index (χ0v) is 10.2. The molecule has 0 aromatic carbocycles. The number of aromatic nitrogens is 2. The lowest BCUT2D eigenvalue weighted by Crippen LogP contribution is -2.37. The Kier molecular flexibility index (Phi) is 3.11. The van der Waals surface area contributed by atoms with Gasteiger partial charge in [0.05, 0.1) is 16.8 Å². The molecule has 0 spiro atoms. The van der Waals surface area contributed by atoms with Gasteiger partial charge in [0.15, 0.2) is 0 Å². The van der Waals surface area contributed by atoms with Crippen LogP contribution < -0.4 is 16.8 Å². The fourth-order valence-corrected chi connectivity index (χ4v) is 1.28. The number of nitrogens with two attached hydrogens (primary N) is 2. The zero-order valence-electron chi connectivity index (χ0n) is 10.2. The highest BCUT2D eigenvalue weighted by Crippen LogP contribution is 2.23. The van der Waals surface area contributed by atoms with Crippen molar-refractivity contribution in [2.24, 2.45) is 18.2 Å².